The van der Waals surface area contributed by atoms with Crippen LogP contribution in [0.2, 0.25) is 0 Å². The molecule has 0 aliphatic heterocycles. The van der Waals surface area contributed by atoms with Crippen molar-refractivity contribution in [3.8, 4) is 24.7 Å². The van der Waals surface area contributed by atoms with Gasteiger partial charge in [0.15, 0.2) is 0 Å². The maximum absolute atomic E-state index is 5.40. The lowest BCUT2D eigenvalue weighted by atomic mass is 10.1. The van der Waals surface area contributed by atoms with Gasteiger partial charge in [0.1, 0.15) is 0 Å². The summed E-state index contributed by atoms with van der Waals surface area (Å²) in [7, 11) is 0. The molecule has 1 atom stereocenters. The van der Waals surface area contributed by atoms with E-state index < -0.39 is 0 Å². The van der Waals surface area contributed by atoms with Gasteiger partial charge in [-0.05, 0) is 30.9 Å². The molecule has 1 aliphatic rings. The molecule has 0 amide bonds. The van der Waals surface area contributed by atoms with Gasteiger partial charge in [0.2, 0.25) is 0 Å². The fourth-order valence-electron chi connectivity index (χ4n) is 2.40. The van der Waals surface area contributed by atoms with Gasteiger partial charge < -0.3 is 0 Å². The Labute approximate surface area is 105 Å². The van der Waals surface area contributed by atoms with Crippen LogP contribution in [0.4, 0.5) is 0 Å². The minimum Gasteiger partial charge on any atom is -0.274 e. The van der Waals surface area contributed by atoms with Crippen molar-refractivity contribution in [1.82, 2.24) is 4.90 Å². The maximum atomic E-state index is 5.40. The minimum absolute atomic E-state index is 0.360. The van der Waals surface area contributed by atoms with Crippen LogP contribution in [0.25, 0.3) is 0 Å². The molecule has 1 aliphatic carbocycles. The molecule has 17 heavy (non-hydrogen) atoms. The summed E-state index contributed by atoms with van der Waals surface area (Å²) in [6, 6.07) is 0.360. The highest BCUT2D eigenvalue weighted by molar-refractivity contribution is 5.41. The van der Waals surface area contributed by atoms with E-state index in [-0.39, 0.29) is 0 Å². The Bertz CT molecular complexity index is 396. The quantitative estimate of drug-likeness (QED) is 0.665. The van der Waals surface area contributed by atoms with Gasteiger partial charge in [0.25, 0.3) is 0 Å². The van der Waals surface area contributed by atoms with E-state index in [0.717, 1.165) is 12.8 Å². The zero-order chi connectivity index (χ0) is 12.7. The molecule has 0 radical (unpaired) electrons. The Morgan fingerprint density at radius 3 is 2.53 bits per heavy atom. The summed E-state index contributed by atoms with van der Waals surface area (Å²) in [5, 5.41) is 0. The van der Waals surface area contributed by atoms with Crippen molar-refractivity contribution < 1.29 is 0 Å². The number of allylic oxidation sites excluding steroid dienone is 3. The first-order valence-electron chi connectivity index (χ1n) is 5.87. The minimum atomic E-state index is 0.360. The molecule has 1 saturated carbocycles. The van der Waals surface area contributed by atoms with Gasteiger partial charge in [-0.25, -0.2) is 0 Å². The first-order valence-corrected chi connectivity index (χ1v) is 5.87. The molecule has 0 spiro atoms. The molecule has 0 heterocycles. The molecule has 1 rings (SSSR count). The van der Waals surface area contributed by atoms with Gasteiger partial charge in [-0.1, -0.05) is 36.6 Å². The third-order valence-electron chi connectivity index (χ3n) is 3.08. The highest BCUT2D eigenvalue weighted by atomic mass is 15.1. The second-order valence-corrected chi connectivity index (χ2v) is 4.04. The summed E-state index contributed by atoms with van der Waals surface area (Å²) in [6.45, 7) is 7.03. The number of hydrogen-bond donors (Lipinski definition) is 0. The van der Waals surface area contributed by atoms with Crippen LogP contribution in [-0.4, -0.2) is 24.0 Å². The summed E-state index contributed by atoms with van der Waals surface area (Å²) < 4.78 is 0. The van der Waals surface area contributed by atoms with Crippen LogP contribution in [0, 0.1) is 24.7 Å². The highest BCUT2D eigenvalue weighted by Crippen LogP contribution is 2.34. The van der Waals surface area contributed by atoms with Crippen LogP contribution in [0.3, 0.4) is 0 Å². The van der Waals surface area contributed by atoms with E-state index in [1.54, 1.807) is 0 Å². The topological polar surface area (TPSA) is 3.24 Å². The molecule has 0 saturated heterocycles. The van der Waals surface area contributed by atoms with Gasteiger partial charge in [-0.3, -0.25) is 4.90 Å². The number of hydrogen-bond acceptors (Lipinski definition) is 1. The molecular formula is C16H19N. The van der Waals surface area contributed by atoms with E-state index in [1.165, 1.54) is 11.1 Å². The normalized spacial score (nSPS) is 23.9. The van der Waals surface area contributed by atoms with Gasteiger partial charge in [0.05, 0.1) is 13.1 Å². The molecule has 0 aromatic rings. The average Bonchev–Trinajstić information content (AvgIpc) is 2.72. The second-order valence-electron chi connectivity index (χ2n) is 4.04. The number of terminal acetylenes is 2. The Morgan fingerprint density at radius 2 is 2.06 bits per heavy atom. The van der Waals surface area contributed by atoms with Gasteiger partial charge in [-0.15, -0.1) is 12.8 Å². The first-order chi connectivity index (χ1) is 8.28. The van der Waals surface area contributed by atoms with Crippen molar-refractivity contribution in [3.63, 3.8) is 0 Å². The third-order valence-corrected chi connectivity index (χ3v) is 3.08. The Hall–Kier alpha value is -1.70. The van der Waals surface area contributed by atoms with Crippen LogP contribution >= 0.6 is 0 Å². The van der Waals surface area contributed by atoms with E-state index in [9.17, 15) is 0 Å². The molecule has 88 valence electrons. The van der Waals surface area contributed by atoms with Crippen molar-refractivity contribution in [2.45, 2.75) is 25.8 Å². The molecule has 0 aromatic carbocycles. The van der Waals surface area contributed by atoms with Crippen molar-refractivity contribution in [2.24, 2.45) is 0 Å². The molecule has 1 unspecified atom stereocenters. The molecule has 1 fully saturated rings. The van der Waals surface area contributed by atoms with Gasteiger partial charge in [-0.2, -0.15) is 0 Å². The predicted molar refractivity (Wildman–Crippen MR) is 74.3 cm³/mol. The molecule has 1 nitrogen and oxygen atoms in total. The molecule has 0 aromatic heterocycles. The van der Waals surface area contributed by atoms with Crippen molar-refractivity contribution in [2.75, 3.05) is 13.1 Å². The van der Waals surface area contributed by atoms with E-state index in [4.69, 9.17) is 12.8 Å². The molecule has 0 N–H and O–H groups in total. The van der Waals surface area contributed by atoms with E-state index in [2.05, 4.69) is 42.4 Å². The summed E-state index contributed by atoms with van der Waals surface area (Å²) >= 11 is 0. The fraction of sp³-hybridized carbons (Fsp3) is 0.375. The van der Waals surface area contributed by atoms with Crippen molar-refractivity contribution >= 4 is 0 Å². The van der Waals surface area contributed by atoms with Crippen LogP contribution < -0.4 is 0 Å². The summed E-state index contributed by atoms with van der Waals surface area (Å²) in [5.74, 6) is 5.37. The largest absolute Gasteiger partial charge is 0.274 e. The Kier molecular flexibility index (Phi) is 5.34. The summed E-state index contributed by atoms with van der Waals surface area (Å²) in [6.07, 6.45) is 19.0. The fourth-order valence-corrected chi connectivity index (χ4v) is 2.40. The third kappa shape index (κ3) is 3.13. The number of rotatable bonds is 4. The maximum Gasteiger partial charge on any atom is 0.0613 e. The molecule has 1 heteroatoms. The van der Waals surface area contributed by atoms with Gasteiger partial charge in [0, 0.05) is 6.04 Å². The highest BCUT2D eigenvalue weighted by Gasteiger charge is 2.28. The molecular weight excluding hydrogens is 206 g/mol. The van der Waals surface area contributed by atoms with E-state index in [0.29, 0.717) is 19.1 Å². The number of nitrogens with zero attached hydrogens (tertiary/aromatic N) is 1. The van der Waals surface area contributed by atoms with Crippen LogP contribution in [-0.2, 0) is 0 Å². The first kappa shape index (κ1) is 13.4. The Morgan fingerprint density at radius 1 is 1.41 bits per heavy atom. The van der Waals surface area contributed by atoms with Crippen LogP contribution in [0.15, 0.2) is 36.0 Å². The molecule has 0 bridgehead atoms. The Balaban J connectivity index is 2.92. The lowest BCUT2D eigenvalue weighted by Crippen LogP contribution is -2.35. The zero-order valence-corrected chi connectivity index (χ0v) is 10.4. The monoisotopic (exact) mass is 225 g/mol. The summed E-state index contributed by atoms with van der Waals surface area (Å²) in [5.41, 5.74) is 2.70. The van der Waals surface area contributed by atoms with Crippen molar-refractivity contribution in [3.05, 3.63) is 36.0 Å². The SMILES string of the molecule is C#CCN(CC#C)C1CCC(=C/C=C)/C1=C\C. The van der Waals surface area contributed by atoms with E-state index in [1.807, 2.05) is 6.08 Å². The average molecular weight is 225 g/mol. The predicted octanol–water partition coefficient (Wildman–Crippen LogP) is 2.78. The summed E-state index contributed by atoms with van der Waals surface area (Å²) in [4.78, 5) is 2.18. The zero-order valence-electron chi connectivity index (χ0n) is 10.4. The van der Waals surface area contributed by atoms with Gasteiger partial charge >= 0.3 is 0 Å². The van der Waals surface area contributed by atoms with Crippen LogP contribution in [0.1, 0.15) is 19.8 Å². The lowest BCUT2D eigenvalue weighted by molar-refractivity contribution is 0.282. The van der Waals surface area contributed by atoms with Crippen molar-refractivity contribution in [1.29, 1.82) is 0 Å². The lowest BCUT2D eigenvalue weighted by Gasteiger charge is -2.26. The van der Waals surface area contributed by atoms with E-state index >= 15 is 0 Å². The van der Waals surface area contributed by atoms with Crippen LogP contribution in [0.5, 0.6) is 0 Å². The second kappa shape index (κ2) is 6.79. The standard InChI is InChI=1S/C16H19N/c1-5-9-14-10-11-16(15(14)8-4)17(12-6-2)13-7-3/h2-3,5,8-9,16H,1,10-13H2,4H3/b14-9-,15-8+. The smallest absolute Gasteiger partial charge is 0.0613 e.